The number of hydrogen-bond acceptors (Lipinski definition) is 6. The Morgan fingerprint density at radius 2 is 1.73 bits per heavy atom. The van der Waals surface area contributed by atoms with Crippen molar-refractivity contribution in [1.82, 2.24) is 9.88 Å². The molecule has 1 fully saturated rings. The number of rotatable bonds is 5. The molecule has 1 saturated heterocycles. The molecular weight excluding hydrogens is 439 g/mol. The van der Waals surface area contributed by atoms with Crippen LogP contribution >= 0.6 is 11.3 Å². The van der Waals surface area contributed by atoms with Gasteiger partial charge in [0.1, 0.15) is 10.8 Å². The summed E-state index contributed by atoms with van der Waals surface area (Å²) >= 11 is 1.27. The second-order valence-corrected chi connectivity index (χ2v) is 8.69. The molecule has 164 valence electrons. The summed E-state index contributed by atoms with van der Waals surface area (Å²) in [6.07, 6.45) is 0.940. The van der Waals surface area contributed by atoms with Crippen LogP contribution < -0.4 is 0 Å². The molecule has 0 N–H and O–H groups in total. The molecule has 0 bridgehead atoms. The summed E-state index contributed by atoms with van der Waals surface area (Å²) in [4.78, 5) is 31.9. The molecule has 3 aromatic rings. The third-order valence-electron chi connectivity index (χ3n) is 5.77. The number of nitrogens with zero attached hydrogens (tertiary/aromatic N) is 4. The van der Waals surface area contributed by atoms with Crippen molar-refractivity contribution in [2.45, 2.75) is 18.8 Å². The Balaban J connectivity index is 1.41. The lowest BCUT2D eigenvalue weighted by atomic mass is 9.86. The van der Waals surface area contributed by atoms with Gasteiger partial charge in [-0.3, -0.25) is 9.59 Å². The summed E-state index contributed by atoms with van der Waals surface area (Å²) in [5, 5.41) is 20.9. The molecule has 2 aromatic carbocycles. The summed E-state index contributed by atoms with van der Waals surface area (Å²) in [5.41, 5.74) is 2.43. The van der Waals surface area contributed by atoms with Crippen LogP contribution in [0.2, 0.25) is 0 Å². The van der Waals surface area contributed by atoms with E-state index >= 15 is 0 Å². The van der Waals surface area contributed by atoms with Crippen LogP contribution in [0.25, 0.3) is 11.3 Å². The average molecular weight is 459 g/mol. The van der Waals surface area contributed by atoms with E-state index in [1.807, 2.05) is 0 Å². The molecule has 0 saturated carbocycles. The van der Waals surface area contributed by atoms with Crippen LogP contribution in [0, 0.1) is 34.4 Å². The van der Waals surface area contributed by atoms with Gasteiger partial charge in [-0.2, -0.15) is 10.5 Å². The number of benzene rings is 2. The Labute approximate surface area is 194 Å². The lowest BCUT2D eigenvalue weighted by Crippen LogP contribution is -2.41. The first kappa shape index (κ1) is 22.3. The summed E-state index contributed by atoms with van der Waals surface area (Å²) in [7, 11) is 0. The van der Waals surface area contributed by atoms with Crippen molar-refractivity contribution < 1.29 is 14.0 Å². The van der Waals surface area contributed by atoms with Crippen molar-refractivity contribution in [3.63, 3.8) is 0 Å². The maximum absolute atomic E-state index is 13.1. The number of Topliss-reactive ketones (excluding diaryl/α,β-unsaturated/α-hetero) is 1. The molecule has 1 atom stereocenters. The molecule has 6 nitrogen and oxygen atoms in total. The monoisotopic (exact) mass is 458 g/mol. The SMILES string of the molecule is N#Cc1ccc(-c2csc(C(C#N)C(=O)C3CCN(C(=O)c4ccc(F)cc4)CC3)n2)cc1. The molecule has 1 aliphatic rings. The van der Waals surface area contributed by atoms with Gasteiger partial charge in [0.05, 0.1) is 23.4 Å². The lowest BCUT2D eigenvalue weighted by molar-refractivity contribution is -0.124. The van der Waals surface area contributed by atoms with Crippen LogP contribution in [0.4, 0.5) is 4.39 Å². The van der Waals surface area contributed by atoms with Crippen LogP contribution in [0.3, 0.4) is 0 Å². The van der Waals surface area contributed by atoms with Gasteiger partial charge in [-0.25, -0.2) is 9.37 Å². The molecule has 1 amide bonds. The molecular formula is C25H19FN4O2S. The zero-order valence-corrected chi connectivity index (χ0v) is 18.4. The quantitative estimate of drug-likeness (QED) is 0.559. The molecule has 1 aromatic heterocycles. The van der Waals surface area contributed by atoms with Gasteiger partial charge >= 0.3 is 0 Å². The first-order chi connectivity index (χ1) is 16.0. The van der Waals surface area contributed by atoms with Gasteiger partial charge in [0.15, 0.2) is 11.7 Å². The molecule has 33 heavy (non-hydrogen) atoms. The number of hydrogen-bond donors (Lipinski definition) is 0. The molecule has 2 heterocycles. The van der Waals surface area contributed by atoms with E-state index < -0.39 is 11.7 Å². The number of carbonyl (C=O) groups excluding carboxylic acids is 2. The van der Waals surface area contributed by atoms with E-state index in [9.17, 15) is 19.2 Å². The fraction of sp³-hybridized carbons (Fsp3) is 0.240. The summed E-state index contributed by atoms with van der Waals surface area (Å²) in [6.45, 7) is 0.804. The number of aromatic nitrogens is 1. The minimum atomic E-state index is -0.952. The molecule has 1 unspecified atom stereocenters. The van der Waals surface area contributed by atoms with E-state index in [1.54, 1.807) is 34.5 Å². The summed E-state index contributed by atoms with van der Waals surface area (Å²) in [6, 6.07) is 16.5. The fourth-order valence-electron chi connectivity index (χ4n) is 3.89. The number of nitriles is 2. The van der Waals surface area contributed by atoms with Crippen molar-refractivity contribution in [1.29, 1.82) is 10.5 Å². The standard InChI is InChI=1S/C25H19FN4O2S/c26-20-7-5-19(6-8-20)25(32)30-11-9-18(10-12-30)23(31)21(14-28)24-29-22(15-33-24)17-3-1-16(13-27)2-4-17/h1-8,15,18,21H,9-12H2. The molecule has 8 heteroatoms. The average Bonchev–Trinajstić information content (AvgIpc) is 3.34. The molecule has 0 aliphatic carbocycles. The second kappa shape index (κ2) is 9.72. The van der Waals surface area contributed by atoms with Gasteiger partial charge in [-0.1, -0.05) is 12.1 Å². The number of thiazole rings is 1. The third kappa shape index (κ3) is 4.82. The number of halogens is 1. The Hall–Kier alpha value is -3.88. The Kier molecular flexibility index (Phi) is 6.58. The summed E-state index contributed by atoms with van der Waals surface area (Å²) in [5.74, 6) is -2.04. The van der Waals surface area contributed by atoms with Crippen molar-refractivity contribution in [3.8, 4) is 23.4 Å². The van der Waals surface area contributed by atoms with Crippen molar-refractivity contribution >= 4 is 23.0 Å². The first-order valence-corrected chi connectivity index (χ1v) is 11.3. The number of amides is 1. The Morgan fingerprint density at radius 3 is 2.33 bits per heavy atom. The largest absolute Gasteiger partial charge is 0.339 e. The highest BCUT2D eigenvalue weighted by atomic mass is 32.1. The van der Waals surface area contributed by atoms with Crippen LogP contribution in [0.1, 0.15) is 39.7 Å². The number of piperidine rings is 1. The van der Waals surface area contributed by atoms with Gasteiger partial charge in [-0.05, 0) is 49.2 Å². The molecule has 0 radical (unpaired) electrons. The number of carbonyl (C=O) groups is 2. The highest BCUT2D eigenvalue weighted by Crippen LogP contribution is 2.31. The second-order valence-electron chi connectivity index (χ2n) is 7.80. The van der Waals surface area contributed by atoms with E-state index in [0.717, 1.165) is 5.56 Å². The van der Waals surface area contributed by atoms with Gasteiger partial charge in [0.2, 0.25) is 0 Å². The smallest absolute Gasteiger partial charge is 0.253 e. The predicted molar refractivity (Wildman–Crippen MR) is 121 cm³/mol. The maximum Gasteiger partial charge on any atom is 0.253 e. The highest BCUT2D eigenvalue weighted by molar-refractivity contribution is 7.10. The minimum absolute atomic E-state index is 0.174. The van der Waals surface area contributed by atoms with Crippen LogP contribution in [0.5, 0.6) is 0 Å². The van der Waals surface area contributed by atoms with Crippen LogP contribution in [-0.2, 0) is 4.79 Å². The van der Waals surface area contributed by atoms with E-state index in [4.69, 9.17) is 5.26 Å². The molecule has 4 rings (SSSR count). The van der Waals surface area contributed by atoms with E-state index in [-0.39, 0.29) is 17.6 Å². The predicted octanol–water partition coefficient (Wildman–Crippen LogP) is 4.55. The van der Waals surface area contributed by atoms with Gasteiger partial charge in [0, 0.05) is 35.5 Å². The lowest BCUT2D eigenvalue weighted by Gasteiger charge is -2.32. The van der Waals surface area contributed by atoms with Crippen molar-refractivity contribution in [3.05, 3.63) is 75.9 Å². The maximum atomic E-state index is 13.1. The van der Waals surface area contributed by atoms with Crippen molar-refractivity contribution in [2.75, 3.05) is 13.1 Å². The van der Waals surface area contributed by atoms with Gasteiger partial charge in [-0.15, -0.1) is 11.3 Å². The van der Waals surface area contributed by atoms with Crippen LogP contribution in [-0.4, -0.2) is 34.7 Å². The Morgan fingerprint density at radius 1 is 1.06 bits per heavy atom. The number of ketones is 1. The Bertz CT molecular complexity index is 1250. The van der Waals surface area contributed by atoms with Gasteiger partial charge in [0.25, 0.3) is 5.91 Å². The normalized spacial score (nSPS) is 14.8. The molecule has 1 aliphatic heterocycles. The topological polar surface area (TPSA) is 97.9 Å². The third-order valence-corrected chi connectivity index (χ3v) is 6.68. The van der Waals surface area contributed by atoms with Crippen LogP contribution in [0.15, 0.2) is 53.9 Å². The fourth-order valence-corrected chi connectivity index (χ4v) is 4.76. The van der Waals surface area contributed by atoms with E-state index in [0.29, 0.717) is 47.8 Å². The minimum Gasteiger partial charge on any atom is -0.339 e. The highest BCUT2D eigenvalue weighted by Gasteiger charge is 2.34. The zero-order valence-electron chi connectivity index (χ0n) is 17.6. The van der Waals surface area contributed by atoms with E-state index in [1.165, 1.54) is 35.6 Å². The van der Waals surface area contributed by atoms with Gasteiger partial charge < -0.3 is 4.90 Å². The van der Waals surface area contributed by atoms with Crippen molar-refractivity contribution in [2.24, 2.45) is 5.92 Å². The zero-order chi connectivity index (χ0) is 23.4. The first-order valence-electron chi connectivity index (χ1n) is 10.4. The van der Waals surface area contributed by atoms with E-state index in [2.05, 4.69) is 17.1 Å². The molecule has 0 spiro atoms. The summed E-state index contributed by atoms with van der Waals surface area (Å²) < 4.78 is 13.1. The number of likely N-dealkylation sites (tertiary alicyclic amines) is 1.